The van der Waals surface area contributed by atoms with Crippen LogP contribution < -0.4 is 14.8 Å². The highest BCUT2D eigenvalue weighted by Crippen LogP contribution is 2.41. The van der Waals surface area contributed by atoms with Crippen LogP contribution in [0.25, 0.3) is 0 Å². The van der Waals surface area contributed by atoms with Crippen LogP contribution in [0.3, 0.4) is 0 Å². The molecule has 1 aliphatic heterocycles. The van der Waals surface area contributed by atoms with Gasteiger partial charge in [0.25, 0.3) is 0 Å². The lowest BCUT2D eigenvalue weighted by atomic mass is 9.88. The molecule has 3 nitrogen and oxygen atoms in total. The second kappa shape index (κ2) is 6.49. The minimum absolute atomic E-state index is 0.617. The highest BCUT2D eigenvalue weighted by Gasteiger charge is 2.21. The quantitative estimate of drug-likeness (QED) is 0.920. The Hall–Kier alpha value is -0.930. The summed E-state index contributed by atoms with van der Waals surface area (Å²) in [7, 11) is 3.31. The maximum Gasteiger partial charge on any atom is 0.179 e. The Morgan fingerprint density at radius 3 is 2.42 bits per heavy atom. The number of hydrogen-bond donors (Lipinski definition) is 1. The minimum Gasteiger partial charge on any atom is -0.493 e. The second-order valence-corrected chi connectivity index (χ2v) is 5.53. The maximum absolute atomic E-state index is 6.21. The van der Waals surface area contributed by atoms with Crippen molar-refractivity contribution in [2.45, 2.75) is 26.2 Å². The molecule has 1 fully saturated rings. The van der Waals surface area contributed by atoms with Crippen LogP contribution in [-0.4, -0.2) is 27.3 Å². The molecule has 4 heteroatoms. The first-order chi connectivity index (χ1) is 9.17. The van der Waals surface area contributed by atoms with E-state index in [9.17, 15) is 0 Å². The third kappa shape index (κ3) is 3.15. The van der Waals surface area contributed by atoms with Crippen LogP contribution in [-0.2, 0) is 6.42 Å². The van der Waals surface area contributed by atoms with Gasteiger partial charge in [-0.25, -0.2) is 0 Å². The van der Waals surface area contributed by atoms with Crippen LogP contribution in [0.15, 0.2) is 6.07 Å². The summed E-state index contributed by atoms with van der Waals surface area (Å²) in [6.07, 6.45) is 3.46. The fraction of sp³-hybridized carbons (Fsp3) is 0.600. The van der Waals surface area contributed by atoms with Crippen LogP contribution in [0.2, 0.25) is 5.02 Å². The number of aryl methyl sites for hydroxylation is 1. The van der Waals surface area contributed by atoms with Crippen LogP contribution in [0.4, 0.5) is 0 Å². The number of rotatable bonds is 4. The number of ether oxygens (including phenoxy) is 2. The van der Waals surface area contributed by atoms with Crippen molar-refractivity contribution >= 4 is 11.6 Å². The average Bonchev–Trinajstić information content (AvgIpc) is 2.42. The van der Waals surface area contributed by atoms with Gasteiger partial charge >= 0.3 is 0 Å². The Morgan fingerprint density at radius 2 is 1.84 bits per heavy atom. The first-order valence-electron chi connectivity index (χ1n) is 6.78. The van der Waals surface area contributed by atoms with Gasteiger partial charge in [0.2, 0.25) is 0 Å². The largest absolute Gasteiger partial charge is 0.493 e. The fourth-order valence-corrected chi connectivity index (χ4v) is 3.13. The maximum atomic E-state index is 6.21. The summed E-state index contributed by atoms with van der Waals surface area (Å²) in [6, 6.07) is 1.97. The van der Waals surface area contributed by atoms with E-state index in [0.717, 1.165) is 25.3 Å². The smallest absolute Gasteiger partial charge is 0.179 e. The summed E-state index contributed by atoms with van der Waals surface area (Å²) >= 11 is 6.21. The molecule has 1 heterocycles. The Morgan fingerprint density at radius 1 is 1.21 bits per heavy atom. The van der Waals surface area contributed by atoms with Crippen molar-refractivity contribution in [2.24, 2.45) is 5.92 Å². The average molecular weight is 284 g/mol. The number of benzene rings is 1. The highest BCUT2D eigenvalue weighted by atomic mass is 35.5. The lowest BCUT2D eigenvalue weighted by molar-refractivity contribution is 0.338. The van der Waals surface area contributed by atoms with Crippen molar-refractivity contribution in [1.82, 2.24) is 5.32 Å². The predicted octanol–water partition coefficient (Wildman–Crippen LogP) is 3.21. The predicted molar refractivity (Wildman–Crippen MR) is 78.6 cm³/mol. The van der Waals surface area contributed by atoms with Crippen LogP contribution in [0, 0.1) is 12.8 Å². The van der Waals surface area contributed by atoms with E-state index < -0.39 is 0 Å². The van der Waals surface area contributed by atoms with Crippen LogP contribution >= 0.6 is 11.6 Å². The fourth-order valence-electron chi connectivity index (χ4n) is 2.80. The lowest BCUT2D eigenvalue weighted by Gasteiger charge is -2.25. The Balaban J connectivity index is 2.32. The summed E-state index contributed by atoms with van der Waals surface area (Å²) in [4.78, 5) is 0. The van der Waals surface area contributed by atoms with E-state index in [1.807, 2.05) is 6.07 Å². The monoisotopic (exact) mass is 283 g/mol. The van der Waals surface area contributed by atoms with E-state index in [-0.39, 0.29) is 0 Å². The Kier molecular flexibility index (Phi) is 4.94. The number of hydrogen-bond acceptors (Lipinski definition) is 3. The Labute approximate surface area is 120 Å². The molecule has 0 aromatic heterocycles. The van der Waals surface area contributed by atoms with Gasteiger partial charge in [0, 0.05) is 5.56 Å². The molecule has 19 heavy (non-hydrogen) atoms. The highest BCUT2D eigenvalue weighted by molar-refractivity contribution is 6.32. The molecule has 2 rings (SSSR count). The zero-order valence-electron chi connectivity index (χ0n) is 11.9. The van der Waals surface area contributed by atoms with Crippen LogP contribution in [0.5, 0.6) is 11.5 Å². The van der Waals surface area contributed by atoms with Crippen LogP contribution in [0.1, 0.15) is 24.0 Å². The van der Waals surface area contributed by atoms with Gasteiger partial charge in [0.05, 0.1) is 19.2 Å². The van der Waals surface area contributed by atoms with Crippen molar-refractivity contribution in [2.75, 3.05) is 27.3 Å². The van der Waals surface area contributed by atoms with E-state index in [1.54, 1.807) is 14.2 Å². The van der Waals surface area contributed by atoms with Gasteiger partial charge in [-0.2, -0.15) is 0 Å². The van der Waals surface area contributed by atoms with Crippen molar-refractivity contribution in [3.05, 3.63) is 22.2 Å². The van der Waals surface area contributed by atoms with E-state index in [4.69, 9.17) is 21.1 Å². The molecular weight excluding hydrogens is 262 g/mol. The van der Waals surface area contributed by atoms with Gasteiger partial charge < -0.3 is 14.8 Å². The first-order valence-corrected chi connectivity index (χ1v) is 7.15. The molecule has 1 saturated heterocycles. The van der Waals surface area contributed by atoms with Gasteiger partial charge in [-0.3, -0.25) is 0 Å². The van der Waals surface area contributed by atoms with Gasteiger partial charge in [-0.15, -0.1) is 0 Å². The Bertz CT molecular complexity index is 442. The van der Waals surface area contributed by atoms with Gasteiger partial charge in [0.1, 0.15) is 0 Å². The number of nitrogens with one attached hydrogen (secondary N) is 1. The number of piperidine rings is 1. The molecular formula is C15H22ClNO2. The zero-order chi connectivity index (χ0) is 13.8. The molecule has 0 radical (unpaired) electrons. The molecule has 1 aliphatic rings. The normalized spacial score (nSPS) is 16.4. The SMILES string of the molecule is COc1c(Cl)cc(C)c(CC2CCNCC2)c1OC. The lowest BCUT2D eigenvalue weighted by Crippen LogP contribution is -2.28. The van der Waals surface area contributed by atoms with Gasteiger partial charge in [0.15, 0.2) is 11.5 Å². The molecule has 0 aliphatic carbocycles. The molecule has 0 saturated carbocycles. The summed E-state index contributed by atoms with van der Waals surface area (Å²) in [6.45, 7) is 4.30. The first kappa shape index (κ1) is 14.5. The van der Waals surface area contributed by atoms with Crippen molar-refractivity contribution in [3.63, 3.8) is 0 Å². The van der Waals surface area contributed by atoms with Crippen molar-refractivity contribution in [3.8, 4) is 11.5 Å². The third-order valence-electron chi connectivity index (χ3n) is 3.88. The summed E-state index contributed by atoms with van der Waals surface area (Å²) in [5.41, 5.74) is 2.41. The molecule has 1 aromatic carbocycles. The second-order valence-electron chi connectivity index (χ2n) is 5.12. The van der Waals surface area contributed by atoms with E-state index in [1.165, 1.54) is 24.0 Å². The van der Waals surface area contributed by atoms with Crippen molar-refractivity contribution in [1.29, 1.82) is 0 Å². The number of methoxy groups -OCH3 is 2. The topological polar surface area (TPSA) is 30.5 Å². The molecule has 1 aromatic rings. The molecule has 0 unspecified atom stereocenters. The zero-order valence-corrected chi connectivity index (χ0v) is 12.6. The third-order valence-corrected chi connectivity index (χ3v) is 4.16. The molecule has 1 N–H and O–H groups in total. The minimum atomic E-state index is 0.617. The van der Waals surface area contributed by atoms with Gasteiger partial charge in [-0.1, -0.05) is 11.6 Å². The van der Waals surface area contributed by atoms with E-state index in [2.05, 4.69) is 12.2 Å². The van der Waals surface area contributed by atoms with Crippen molar-refractivity contribution < 1.29 is 9.47 Å². The molecule has 0 bridgehead atoms. The standard InChI is InChI=1S/C15H22ClNO2/c1-10-8-13(16)15(19-3)14(18-2)12(10)9-11-4-6-17-7-5-11/h8,11,17H,4-7,9H2,1-3H3. The summed E-state index contributed by atoms with van der Waals surface area (Å²) in [5, 5.41) is 4.01. The molecule has 0 amide bonds. The molecule has 0 atom stereocenters. The van der Waals surface area contributed by atoms with E-state index in [0.29, 0.717) is 16.7 Å². The number of halogens is 1. The van der Waals surface area contributed by atoms with Gasteiger partial charge in [-0.05, 0) is 56.8 Å². The summed E-state index contributed by atoms with van der Waals surface area (Å²) < 4.78 is 10.9. The summed E-state index contributed by atoms with van der Waals surface area (Å²) in [5.74, 6) is 2.16. The molecule has 0 spiro atoms. The van der Waals surface area contributed by atoms with E-state index >= 15 is 0 Å². The molecule has 106 valence electrons.